The standard InChI is InChI=1S/C11H8Cl4N2S/c1-17(5-6-2-3-9(14)18-6)11-8(13)4-7(12)10(15)16-11/h2-4H,5H2,1H3. The van der Waals surface area contributed by atoms with Crippen molar-refractivity contribution in [2.24, 2.45) is 0 Å². The number of hydrogen-bond acceptors (Lipinski definition) is 3. The number of pyridine rings is 1. The van der Waals surface area contributed by atoms with E-state index < -0.39 is 0 Å². The lowest BCUT2D eigenvalue weighted by atomic mass is 10.4. The van der Waals surface area contributed by atoms with Crippen LogP contribution in [0, 0.1) is 0 Å². The van der Waals surface area contributed by atoms with E-state index in [1.54, 1.807) is 6.07 Å². The van der Waals surface area contributed by atoms with Crippen LogP contribution in [0.3, 0.4) is 0 Å². The van der Waals surface area contributed by atoms with Crippen molar-refractivity contribution in [2.45, 2.75) is 6.54 Å². The normalized spacial score (nSPS) is 10.7. The van der Waals surface area contributed by atoms with Crippen LogP contribution < -0.4 is 4.90 Å². The smallest absolute Gasteiger partial charge is 0.150 e. The van der Waals surface area contributed by atoms with E-state index in [9.17, 15) is 0 Å². The highest BCUT2D eigenvalue weighted by atomic mass is 35.5. The topological polar surface area (TPSA) is 16.1 Å². The number of anilines is 1. The first kappa shape index (κ1) is 14.2. The molecule has 0 unspecified atom stereocenters. The lowest BCUT2D eigenvalue weighted by molar-refractivity contribution is 0.913. The summed E-state index contributed by atoms with van der Waals surface area (Å²) in [4.78, 5) is 7.19. The van der Waals surface area contributed by atoms with Gasteiger partial charge in [0, 0.05) is 11.9 Å². The van der Waals surface area contributed by atoms with E-state index in [1.165, 1.54) is 11.3 Å². The monoisotopic (exact) mass is 340 g/mol. The van der Waals surface area contributed by atoms with Gasteiger partial charge in [0.1, 0.15) is 11.0 Å². The van der Waals surface area contributed by atoms with E-state index in [1.807, 2.05) is 24.1 Å². The van der Waals surface area contributed by atoms with Crippen LogP contribution >= 0.6 is 57.7 Å². The summed E-state index contributed by atoms with van der Waals surface area (Å²) in [5.74, 6) is 0.593. The summed E-state index contributed by atoms with van der Waals surface area (Å²) < 4.78 is 0.756. The Kier molecular flexibility index (Phi) is 4.62. The van der Waals surface area contributed by atoms with Crippen molar-refractivity contribution >= 4 is 63.6 Å². The summed E-state index contributed by atoms with van der Waals surface area (Å²) in [6.07, 6.45) is 0. The Bertz CT molecular complexity index is 570. The fourth-order valence-electron chi connectivity index (χ4n) is 1.45. The van der Waals surface area contributed by atoms with Crippen molar-refractivity contribution in [1.29, 1.82) is 0 Å². The van der Waals surface area contributed by atoms with Crippen molar-refractivity contribution in [3.8, 4) is 0 Å². The van der Waals surface area contributed by atoms with Crippen molar-refractivity contribution in [3.05, 3.63) is 42.6 Å². The van der Waals surface area contributed by atoms with Gasteiger partial charge in [-0.2, -0.15) is 0 Å². The van der Waals surface area contributed by atoms with Gasteiger partial charge in [0.25, 0.3) is 0 Å². The van der Waals surface area contributed by atoms with Gasteiger partial charge < -0.3 is 4.90 Å². The zero-order chi connectivity index (χ0) is 13.3. The van der Waals surface area contributed by atoms with Gasteiger partial charge in [-0.3, -0.25) is 0 Å². The molecule has 0 atom stereocenters. The van der Waals surface area contributed by atoms with Crippen LogP contribution in [-0.4, -0.2) is 12.0 Å². The van der Waals surface area contributed by atoms with Gasteiger partial charge in [-0.05, 0) is 18.2 Å². The maximum absolute atomic E-state index is 6.10. The molecule has 2 rings (SSSR count). The quantitative estimate of drug-likeness (QED) is 0.695. The molecule has 2 nitrogen and oxygen atoms in total. The molecule has 18 heavy (non-hydrogen) atoms. The molecule has 0 aromatic carbocycles. The summed E-state index contributed by atoms with van der Waals surface area (Å²) in [5, 5.41) is 1.06. The second-order valence-corrected chi connectivity index (χ2v) is 6.60. The molecular formula is C11H8Cl4N2S. The second-order valence-electron chi connectivity index (χ2n) is 3.63. The Morgan fingerprint density at radius 3 is 2.50 bits per heavy atom. The molecular weight excluding hydrogens is 334 g/mol. The van der Waals surface area contributed by atoms with Gasteiger partial charge in [-0.15, -0.1) is 11.3 Å². The number of hydrogen-bond donors (Lipinski definition) is 0. The minimum atomic E-state index is 0.243. The number of rotatable bonds is 3. The molecule has 0 fully saturated rings. The highest BCUT2D eigenvalue weighted by Crippen LogP contribution is 2.32. The molecule has 2 heterocycles. The third-order valence-electron chi connectivity index (χ3n) is 2.25. The number of halogens is 4. The zero-order valence-electron chi connectivity index (χ0n) is 9.25. The highest BCUT2D eigenvalue weighted by Gasteiger charge is 2.13. The van der Waals surface area contributed by atoms with Gasteiger partial charge in [-0.1, -0.05) is 46.4 Å². The molecule has 7 heteroatoms. The minimum absolute atomic E-state index is 0.243. The van der Waals surface area contributed by atoms with Crippen molar-refractivity contribution in [1.82, 2.24) is 4.98 Å². The molecule has 0 amide bonds. The van der Waals surface area contributed by atoms with Crippen molar-refractivity contribution in [3.63, 3.8) is 0 Å². The van der Waals surface area contributed by atoms with Crippen LogP contribution in [0.2, 0.25) is 19.5 Å². The summed E-state index contributed by atoms with van der Waals surface area (Å²) in [5.41, 5.74) is 0. The average molecular weight is 342 g/mol. The Morgan fingerprint density at radius 1 is 1.17 bits per heavy atom. The fourth-order valence-corrected chi connectivity index (χ4v) is 3.23. The van der Waals surface area contributed by atoms with E-state index in [4.69, 9.17) is 46.4 Å². The molecule has 0 aliphatic rings. The first-order valence-electron chi connectivity index (χ1n) is 4.94. The number of thiophene rings is 1. The number of nitrogens with zero attached hydrogens (tertiary/aromatic N) is 2. The maximum Gasteiger partial charge on any atom is 0.150 e. The first-order valence-corrected chi connectivity index (χ1v) is 7.27. The molecule has 0 saturated heterocycles. The molecule has 0 radical (unpaired) electrons. The van der Waals surface area contributed by atoms with Gasteiger partial charge in [0.05, 0.1) is 20.9 Å². The van der Waals surface area contributed by atoms with Crippen LogP contribution in [0.25, 0.3) is 0 Å². The number of aromatic nitrogens is 1. The highest BCUT2D eigenvalue weighted by molar-refractivity contribution is 7.16. The second kappa shape index (κ2) is 5.85. The van der Waals surface area contributed by atoms with E-state index in [0.717, 1.165) is 9.21 Å². The van der Waals surface area contributed by atoms with Crippen LogP contribution in [0.15, 0.2) is 18.2 Å². The molecule has 96 valence electrons. The molecule has 0 N–H and O–H groups in total. The lowest BCUT2D eigenvalue weighted by Gasteiger charge is -2.19. The van der Waals surface area contributed by atoms with E-state index in [-0.39, 0.29) is 5.15 Å². The third-order valence-corrected chi connectivity index (χ3v) is 4.42. The summed E-state index contributed by atoms with van der Waals surface area (Å²) in [6, 6.07) is 5.42. The fraction of sp³-hybridized carbons (Fsp3) is 0.182. The molecule has 0 aliphatic carbocycles. The molecule has 0 aliphatic heterocycles. The maximum atomic E-state index is 6.10. The van der Waals surface area contributed by atoms with Crippen molar-refractivity contribution < 1.29 is 0 Å². The Morgan fingerprint density at radius 2 is 1.89 bits per heavy atom. The molecule has 2 aromatic rings. The largest absolute Gasteiger partial charge is 0.353 e. The molecule has 0 bridgehead atoms. The average Bonchev–Trinajstić information content (AvgIpc) is 2.69. The summed E-state index contributed by atoms with van der Waals surface area (Å²) in [7, 11) is 1.88. The molecule has 0 spiro atoms. The first-order chi connectivity index (χ1) is 8.47. The van der Waals surface area contributed by atoms with E-state index in [0.29, 0.717) is 22.4 Å². The van der Waals surface area contributed by atoms with Crippen molar-refractivity contribution in [2.75, 3.05) is 11.9 Å². The van der Waals surface area contributed by atoms with Crippen LogP contribution in [-0.2, 0) is 6.54 Å². The molecule has 0 saturated carbocycles. The SMILES string of the molecule is CN(Cc1ccc(Cl)s1)c1nc(Cl)c(Cl)cc1Cl. The molecule has 2 aromatic heterocycles. The van der Waals surface area contributed by atoms with Gasteiger partial charge in [-0.25, -0.2) is 4.98 Å². The Balaban J connectivity index is 2.23. The zero-order valence-corrected chi connectivity index (χ0v) is 13.1. The third kappa shape index (κ3) is 3.22. The Hall–Kier alpha value is -0.190. The summed E-state index contributed by atoms with van der Waals surface area (Å²) >= 11 is 25.2. The predicted octanol–water partition coefficient (Wildman–Crippen LogP) is 5.39. The van der Waals surface area contributed by atoms with E-state index in [2.05, 4.69) is 4.98 Å². The predicted molar refractivity (Wildman–Crippen MR) is 80.7 cm³/mol. The van der Waals surface area contributed by atoms with Gasteiger partial charge in [0.15, 0.2) is 0 Å². The van der Waals surface area contributed by atoms with Gasteiger partial charge >= 0.3 is 0 Å². The Labute approximate surface area is 129 Å². The van der Waals surface area contributed by atoms with E-state index >= 15 is 0 Å². The van der Waals surface area contributed by atoms with Crippen LogP contribution in [0.5, 0.6) is 0 Å². The van der Waals surface area contributed by atoms with Crippen LogP contribution in [0.4, 0.5) is 5.82 Å². The van der Waals surface area contributed by atoms with Gasteiger partial charge in [0.2, 0.25) is 0 Å². The summed E-state index contributed by atoms with van der Waals surface area (Å²) in [6.45, 7) is 0.655. The minimum Gasteiger partial charge on any atom is -0.353 e. The van der Waals surface area contributed by atoms with Crippen LogP contribution in [0.1, 0.15) is 4.88 Å². The lowest BCUT2D eigenvalue weighted by Crippen LogP contribution is -2.17.